The summed E-state index contributed by atoms with van der Waals surface area (Å²) in [5, 5.41) is 12.1. The third-order valence-electron chi connectivity index (χ3n) is 3.25. The van der Waals surface area contributed by atoms with E-state index in [2.05, 4.69) is 5.32 Å². The van der Waals surface area contributed by atoms with Gasteiger partial charge in [0.1, 0.15) is 11.6 Å². The highest BCUT2D eigenvalue weighted by Crippen LogP contribution is 2.18. The minimum atomic E-state index is -0.571. The zero-order chi connectivity index (χ0) is 14.5. The van der Waals surface area contributed by atoms with Crippen molar-refractivity contribution in [3.63, 3.8) is 0 Å². The molecule has 0 heterocycles. The molecule has 0 saturated heterocycles. The van der Waals surface area contributed by atoms with Gasteiger partial charge in [0.25, 0.3) is 0 Å². The van der Waals surface area contributed by atoms with Crippen molar-refractivity contribution in [3.05, 3.63) is 70.8 Å². The van der Waals surface area contributed by atoms with E-state index in [1.165, 1.54) is 12.1 Å². The molecule has 4 heteroatoms. The van der Waals surface area contributed by atoms with Gasteiger partial charge in [-0.2, -0.15) is 0 Å². The lowest BCUT2D eigenvalue weighted by molar-refractivity contribution is 0.282. The van der Waals surface area contributed by atoms with Crippen molar-refractivity contribution in [2.75, 3.05) is 0 Å². The topological polar surface area (TPSA) is 32.3 Å². The highest BCUT2D eigenvalue weighted by molar-refractivity contribution is 5.24. The Kier molecular flexibility index (Phi) is 4.82. The minimum absolute atomic E-state index is 0.0188. The third kappa shape index (κ3) is 3.62. The molecular weight excluding hydrogens is 260 g/mol. The van der Waals surface area contributed by atoms with E-state index in [0.717, 1.165) is 17.2 Å². The highest BCUT2D eigenvalue weighted by Gasteiger charge is 2.11. The zero-order valence-corrected chi connectivity index (χ0v) is 11.2. The molecule has 1 unspecified atom stereocenters. The van der Waals surface area contributed by atoms with E-state index in [-0.39, 0.29) is 12.6 Å². The number of benzene rings is 2. The van der Waals surface area contributed by atoms with Crippen LogP contribution in [-0.4, -0.2) is 5.11 Å². The first kappa shape index (κ1) is 14.6. The summed E-state index contributed by atoms with van der Waals surface area (Å²) >= 11 is 0. The molecule has 0 saturated carbocycles. The summed E-state index contributed by atoms with van der Waals surface area (Å²) in [7, 11) is 0. The van der Waals surface area contributed by atoms with Crippen molar-refractivity contribution in [2.45, 2.75) is 26.1 Å². The van der Waals surface area contributed by atoms with Gasteiger partial charge in [-0.15, -0.1) is 0 Å². The number of hydrogen-bond donors (Lipinski definition) is 2. The van der Waals surface area contributed by atoms with Crippen molar-refractivity contribution >= 4 is 0 Å². The number of rotatable bonds is 5. The molecule has 0 aliphatic carbocycles. The minimum Gasteiger partial charge on any atom is -0.392 e. The molecule has 2 aromatic carbocycles. The van der Waals surface area contributed by atoms with Crippen molar-refractivity contribution in [1.82, 2.24) is 5.32 Å². The van der Waals surface area contributed by atoms with Gasteiger partial charge < -0.3 is 10.4 Å². The Morgan fingerprint density at radius 1 is 1.05 bits per heavy atom. The quantitative estimate of drug-likeness (QED) is 0.879. The Morgan fingerprint density at radius 3 is 2.30 bits per heavy atom. The largest absolute Gasteiger partial charge is 0.392 e. The summed E-state index contributed by atoms with van der Waals surface area (Å²) in [6, 6.07) is 10.9. The van der Waals surface area contributed by atoms with Crippen LogP contribution in [-0.2, 0) is 13.2 Å². The summed E-state index contributed by atoms with van der Waals surface area (Å²) in [6.45, 7) is 2.42. The molecule has 0 aliphatic heterocycles. The molecule has 0 fully saturated rings. The first-order chi connectivity index (χ1) is 9.60. The van der Waals surface area contributed by atoms with Gasteiger partial charge >= 0.3 is 0 Å². The van der Waals surface area contributed by atoms with Crippen molar-refractivity contribution in [2.24, 2.45) is 0 Å². The fourth-order valence-electron chi connectivity index (χ4n) is 2.00. The normalized spacial score (nSPS) is 12.4. The van der Waals surface area contributed by atoms with Crippen LogP contribution in [0.25, 0.3) is 0 Å². The van der Waals surface area contributed by atoms with Crippen LogP contribution in [0.5, 0.6) is 0 Å². The number of halogens is 2. The molecule has 0 radical (unpaired) electrons. The molecule has 2 aromatic rings. The lowest BCUT2D eigenvalue weighted by atomic mass is 10.1. The molecule has 106 valence electrons. The van der Waals surface area contributed by atoms with Crippen molar-refractivity contribution < 1.29 is 13.9 Å². The van der Waals surface area contributed by atoms with Gasteiger partial charge in [-0.3, -0.25) is 0 Å². The van der Waals surface area contributed by atoms with E-state index in [4.69, 9.17) is 5.11 Å². The smallest absolute Gasteiger partial charge is 0.130 e. The van der Waals surface area contributed by atoms with E-state index in [1.54, 1.807) is 0 Å². The molecule has 0 amide bonds. The summed E-state index contributed by atoms with van der Waals surface area (Å²) in [6.07, 6.45) is 0. The summed E-state index contributed by atoms with van der Waals surface area (Å²) in [4.78, 5) is 0. The van der Waals surface area contributed by atoms with E-state index < -0.39 is 11.6 Å². The molecule has 1 atom stereocenters. The Labute approximate surface area is 117 Å². The molecular formula is C16H17F2NO. The standard InChI is InChI=1S/C16H17F2NO/c1-11(15-7-6-14(17)8-16(15)18)19-9-12-2-4-13(10-20)5-3-12/h2-8,11,19-20H,9-10H2,1H3. The predicted octanol–water partition coefficient (Wildman–Crippen LogP) is 3.31. The SMILES string of the molecule is CC(NCc1ccc(CO)cc1)c1ccc(F)cc1F. The predicted molar refractivity (Wildman–Crippen MR) is 74.0 cm³/mol. The van der Waals surface area contributed by atoms with Crippen LogP contribution in [0.15, 0.2) is 42.5 Å². The van der Waals surface area contributed by atoms with Gasteiger partial charge in [0, 0.05) is 24.2 Å². The van der Waals surface area contributed by atoms with Gasteiger partial charge in [-0.1, -0.05) is 30.3 Å². The fraction of sp³-hybridized carbons (Fsp3) is 0.250. The third-order valence-corrected chi connectivity index (χ3v) is 3.25. The first-order valence-electron chi connectivity index (χ1n) is 6.47. The summed E-state index contributed by atoms with van der Waals surface area (Å²) in [5.41, 5.74) is 2.33. The summed E-state index contributed by atoms with van der Waals surface area (Å²) in [5.74, 6) is -1.11. The maximum absolute atomic E-state index is 13.6. The molecule has 2 N–H and O–H groups in total. The lowest BCUT2D eigenvalue weighted by Crippen LogP contribution is -2.19. The second-order valence-electron chi connectivity index (χ2n) is 4.74. The fourth-order valence-corrected chi connectivity index (χ4v) is 2.00. The number of aliphatic hydroxyl groups excluding tert-OH is 1. The molecule has 2 rings (SSSR count). The van der Waals surface area contributed by atoms with E-state index in [9.17, 15) is 8.78 Å². The molecule has 20 heavy (non-hydrogen) atoms. The molecule has 2 nitrogen and oxygen atoms in total. The average Bonchev–Trinajstić information content (AvgIpc) is 2.45. The van der Waals surface area contributed by atoms with Gasteiger partial charge in [0.2, 0.25) is 0 Å². The molecule has 0 spiro atoms. The Bertz CT molecular complexity index is 569. The van der Waals surface area contributed by atoms with Crippen LogP contribution in [0.4, 0.5) is 8.78 Å². The zero-order valence-electron chi connectivity index (χ0n) is 11.2. The molecule has 0 bridgehead atoms. The van der Waals surface area contributed by atoms with E-state index in [0.29, 0.717) is 12.1 Å². The van der Waals surface area contributed by atoms with E-state index in [1.807, 2.05) is 31.2 Å². The second kappa shape index (κ2) is 6.59. The van der Waals surface area contributed by atoms with Crippen LogP contribution in [0.1, 0.15) is 29.7 Å². The van der Waals surface area contributed by atoms with Gasteiger partial charge in [-0.25, -0.2) is 8.78 Å². The van der Waals surface area contributed by atoms with Gasteiger partial charge in [0.15, 0.2) is 0 Å². The van der Waals surface area contributed by atoms with Crippen LogP contribution < -0.4 is 5.32 Å². The average molecular weight is 277 g/mol. The molecule has 0 aliphatic rings. The Morgan fingerprint density at radius 2 is 1.70 bits per heavy atom. The number of aliphatic hydroxyl groups is 1. The van der Waals surface area contributed by atoms with Crippen LogP contribution in [0.2, 0.25) is 0 Å². The Hall–Kier alpha value is -1.78. The van der Waals surface area contributed by atoms with Gasteiger partial charge in [0.05, 0.1) is 6.61 Å². The number of nitrogens with one attached hydrogen (secondary N) is 1. The molecule has 0 aromatic heterocycles. The van der Waals surface area contributed by atoms with Crippen molar-refractivity contribution in [1.29, 1.82) is 0 Å². The van der Waals surface area contributed by atoms with Crippen LogP contribution >= 0.6 is 0 Å². The monoisotopic (exact) mass is 277 g/mol. The van der Waals surface area contributed by atoms with E-state index >= 15 is 0 Å². The maximum Gasteiger partial charge on any atom is 0.130 e. The highest BCUT2D eigenvalue weighted by atomic mass is 19.1. The van der Waals surface area contributed by atoms with Crippen LogP contribution in [0, 0.1) is 11.6 Å². The van der Waals surface area contributed by atoms with Crippen LogP contribution in [0.3, 0.4) is 0 Å². The van der Waals surface area contributed by atoms with Gasteiger partial charge in [-0.05, 0) is 24.1 Å². The first-order valence-corrected chi connectivity index (χ1v) is 6.47. The second-order valence-corrected chi connectivity index (χ2v) is 4.74. The Balaban J connectivity index is 1.98. The lowest BCUT2D eigenvalue weighted by Gasteiger charge is -2.15. The maximum atomic E-state index is 13.6. The van der Waals surface area contributed by atoms with Crippen molar-refractivity contribution in [3.8, 4) is 0 Å². The summed E-state index contributed by atoms with van der Waals surface area (Å²) < 4.78 is 26.5. The number of hydrogen-bond acceptors (Lipinski definition) is 2.